The van der Waals surface area contributed by atoms with Gasteiger partial charge in [0, 0.05) is 13.2 Å². The van der Waals surface area contributed by atoms with Crippen molar-refractivity contribution in [2.24, 2.45) is 5.73 Å². The lowest BCUT2D eigenvalue weighted by Crippen LogP contribution is -2.32. The van der Waals surface area contributed by atoms with E-state index < -0.39 is 12.7 Å². The molecule has 0 atom stereocenters. The van der Waals surface area contributed by atoms with Crippen LogP contribution >= 0.6 is 0 Å². The Hall–Kier alpha value is -1.30. The number of nitrogens with two attached hydrogens (primary N) is 1. The fourth-order valence-electron chi connectivity index (χ4n) is 1.47. The smallest absolute Gasteiger partial charge is 0.350 e. The molecule has 16 heavy (non-hydrogen) atoms. The van der Waals surface area contributed by atoms with Gasteiger partial charge in [-0.25, -0.2) is 4.98 Å². The van der Waals surface area contributed by atoms with E-state index in [9.17, 15) is 13.2 Å². The molecule has 1 aromatic heterocycles. The van der Waals surface area contributed by atoms with Crippen molar-refractivity contribution in [3.05, 3.63) is 23.9 Å². The summed E-state index contributed by atoms with van der Waals surface area (Å²) in [6.45, 7) is -0.625. The summed E-state index contributed by atoms with van der Waals surface area (Å²) in [5.74, 6) is 0.338. The van der Waals surface area contributed by atoms with Gasteiger partial charge in [-0.2, -0.15) is 13.2 Å². The van der Waals surface area contributed by atoms with Gasteiger partial charge in [0.1, 0.15) is 12.4 Å². The Balaban J connectivity index is 2.85. The highest BCUT2D eigenvalue weighted by Crippen LogP contribution is 2.22. The first-order chi connectivity index (χ1) is 7.44. The first kappa shape index (κ1) is 12.8. The molecule has 2 N–H and O–H groups in total. The topological polar surface area (TPSA) is 42.2 Å². The highest BCUT2D eigenvalue weighted by Gasteiger charge is 2.30. The van der Waals surface area contributed by atoms with Crippen LogP contribution in [0.2, 0.25) is 0 Å². The minimum absolute atomic E-state index is 0.338. The number of nitrogens with zero attached hydrogens (tertiary/aromatic N) is 2. The first-order valence-corrected chi connectivity index (χ1v) is 4.86. The summed E-state index contributed by atoms with van der Waals surface area (Å²) < 4.78 is 36.6. The number of halogens is 3. The largest absolute Gasteiger partial charge is 0.405 e. The number of hydrogen-bond donors (Lipinski definition) is 1. The summed E-state index contributed by atoms with van der Waals surface area (Å²) in [6.07, 6.45) is -2.24. The molecule has 0 saturated carbocycles. The molecule has 0 aromatic carbocycles. The van der Waals surface area contributed by atoms with Crippen LogP contribution in [0, 0.1) is 0 Å². The van der Waals surface area contributed by atoms with Gasteiger partial charge >= 0.3 is 6.18 Å². The summed E-state index contributed by atoms with van der Waals surface area (Å²) in [5.41, 5.74) is 6.12. The molecule has 0 saturated heterocycles. The van der Waals surface area contributed by atoms with Crippen LogP contribution in [-0.2, 0) is 6.42 Å². The molecule has 0 unspecified atom stereocenters. The van der Waals surface area contributed by atoms with Gasteiger partial charge in [-0.1, -0.05) is 6.07 Å². The first-order valence-electron chi connectivity index (χ1n) is 4.86. The van der Waals surface area contributed by atoms with Crippen LogP contribution in [0.1, 0.15) is 5.56 Å². The zero-order valence-corrected chi connectivity index (χ0v) is 8.96. The van der Waals surface area contributed by atoms with E-state index in [-0.39, 0.29) is 0 Å². The number of pyridine rings is 1. The average Bonchev–Trinajstić information content (AvgIpc) is 2.16. The molecule has 3 nitrogen and oxygen atoms in total. The molecule has 1 aromatic rings. The maximum absolute atomic E-state index is 12.2. The highest BCUT2D eigenvalue weighted by molar-refractivity contribution is 5.46. The second-order valence-corrected chi connectivity index (χ2v) is 3.50. The molecule has 0 amide bonds. The predicted molar refractivity (Wildman–Crippen MR) is 56.3 cm³/mol. The van der Waals surface area contributed by atoms with E-state index in [2.05, 4.69) is 4.98 Å². The molecule has 6 heteroatoms. The molecule has 0 spiro atoms. The van der Waals surface area contributed by atoms with Crippen LogP contribution < -0.4 is 10.6 Å². The van der Waals surface area contributed by atoms with E-state index in [1.165, 1.54) is 13.2 Å². The van der Waals surface area contributed by atoms with Gasteiger partial charge in [-0.05, 0) is 24.6 Å². The summed E-state index contributed by atoms with van der Waals surface area (Å²) in [5, 5.41) is 0. The molecule has 1 rings (SSSR count). The summed E-state index contributed by atoms with van der Waals surface area (Å²) in [7, 11) is 1.37. The van der Waals surface area contributed by atoms with E-state index >= 15 is 0 Å². The van der Waals surface area contributed by atoms with Gasteiger partial charge in [-0.3, -0.25) is 0 Å². The zero-order chi connectivity index (χ0) is 12.2. The average molecular weight is 233 g/mol. The van der Waals surface area contributed by atoms with Crippen molar-refractivity contribution in [3.8, 4) is 0 Å². The van der Waals surface area contributed by atoms with Crippen molar-refractivity contribution in [2.75, 3.05) is 25.0 Å². The molecule has 0 aliphatic rings. The number of anilines is 1. The van der Waals surface area contributed by atoms with Crippen molar-refractivity contribution in [1.29, 1.82) is 0 Å². The lowest BCUT2D eigenvalue weighted by Gasteiger charge is -2.22. The van der Waals surface area contributed by atoms with Crippen molar-refractivity contribution in [1.82, 2.24) is 4.98 Å². The van der Waals surface area contributed by atoms with Crippen LogP contribution in [0.15, 0.2) is 18.3 Å². The normalized spacial score (nSPS) is 11.6. The summed E-state index contributed by atoms with van der Waals surface area (Å²) in [4.78, 5) is 5.04. The summed E-state index contributed by atoms with van der Waals surface area (Å²) >= 11 is 0. The lowest BCUT2D eigenvalue weighted by atomic mass is 10.2. The van der Waals surface area contributed by atoms with Crippen LogP contribution in [0.25, 0.3) is 0 Å². The van der Waals surface area contributed by atoms with Gasteiger partial charge in [0.15, 0.2) is 0 Å². The van der Waals surface area contributed by atoms with Crippen molar-refractivity contribution in [3.63, 3.8) is 0 Å². The third-order valence-electron chi connectivity index (χ3n) is 2.06. The van der Waals surface area contributed by atoms with Gasteiger partial charge in [0.05, 0.1) is 0 Å². The van der Waals surface area contributed by atoms with E-state index in [4.69, 9.17) is 5.73 Å². The van der Waals surface area contributed by atoms with E-state index in [0.717, 1.165) is 10.5 Å². The standard InChI is InChI=1S/C10H14F3N3/c1-16(7-10(11,12)13)9-8(4-5-14)3-2-6-15-9/h2-3,6H,4-5,7,14H2,1H3. The highest BCUT2D eigenvalue weighted by atomic mass is 19.4. The van der Waals surface area contributed by atoms with Crippen molar-refractivity contribution < 1.29 is 13.2 Å². The second kappa shape index (κ2) is 5.16. The molecular formula is C10H14F3N3. The quantitative estimate of drug-likeness (QED) is 0.858. The molecule has 0 aliphatic heterocycles. The van der Waals surface area contributed by atoms with Crippen LogP contribution in [0.5, 0.6) is 0 Å². The predicted octanol–water partition coefficient (Wildman–Crippen LogP) is 1.58. The number of rotatable bonds is 4. The fraction of sp³-hybridized carbons (Fsp3) is 0.500. The third kappa shape index (κ3) is 3.69. The lowest BCUT2D eigenvalue weighted by molar-refractivity contribution is -0.119. The SMILES string of the molecule is CN(CC(F)(F)F)c1ncccc1CCN. The van der Waals surface area contributed by atoms with Gasteiger partial charge < -0.3 is 10.6 Å². The molecule has 0 aliphatic carbocycles. The Labute approximate surface area is 92.1 Å². The van der Waals surface area contributed by atoms with Crippen molar-refractivity contribution in [2.45, 2.75) is 12.6 Å². The summed E-state index contributed by atoms with van der Waals surface area (Å²) in [6, 6.07) is 3.43. The van der Waals surface area contributed by atoms with Crippen LogP contribution in [-0.4, -0.2) is 31.3 Å². The Morgan fingerprint density at radius 1 is 1.44 bits per heavy atom. The minimum atomic E-state index is -4.23. The van der Waals surface area contributed by atoms with Gasteiger partial charge in [0.25, 0.3) is 0 Å². The van der Waals surface area contributed by atoms with E-state index in [0.29, 0.717) is 18.8 Å². The number of aromatic nitrogens is 1. The molecule has 1 heterocycles. The molecule has 0 bridgehead atoms. The Kier molecular flexibility index (Phi) is 4.12. The van der Waals surface area contributed by atoms with Gasteiger partial charge in [0.2, 0.25) is 0 Å². The maximum Gasteiger partial charge on any atom is 0.405 e. The van der Waals surface area contributed by atoms with Crippen LogP contribution in [0.4, 0.5) is 19.0 Å². The molecular weight excluding hydrogens is 219 g/mol. The number of hydrogen-bond acceptors (Lipinski definition) is 3. The molecule has 0 radical (unpaired) electrons. The maximum atomic E-state index is 12.2. The van der Waals surface area contributed by atoms with Crippen LogP contribution in [0.3, 0.4) is 0 Å². The monoisotopic (exact) mass is 233 g/mol. The Morgan fingerprint density at radius 2 is 2.12 bits per heavy atom. The van der Waals surface area contributed by atoms with Gasteiger partial charge in [-0.15, -0.1) is 0 Å². The minimum Gasteiger partial charge on any atom is -0.350 e. The third-order valence-corrected chi connectivity index (χ3v) is 2.06. The van der Waals surface area contributed by atoms with Crippen molar-refractivity contribution >= 4 is 5.82 Å². The molecule has 90 valence electrons. The van der Waals surface area contributed by atoms with E-state index in [1.54, 1.807) is 12.1 Å². The Bertz CT molecular complexity index is 338. The number of alkyl halides is 3. The van der Waals surface area contributed by atoms with E-state index in [1.807, 2.05) is 0 Å². The fourth-order valence-corrected chi connectivity index (χ4v) is 1.47. The Morgan fingerprint density at radius 3 is 2.69 bits per heavy atom. The second-order valence-electron chi connectivity index (χ2n) is 3.50. The zero-order valence-electron chi connectivity index (χ0n) is 8.96. The molecule has 0 fully saturated rings.